The predicted molar refractivity (Wildman–Crippen MR) is 43.4 cm³/mol. The fourth-order valence-electron chi connectivity index (χ4n) is 1.91. The van der Waals surface area contributed by atoms with E-state index < -0.39 is 5.97 Å². The summed E-state index contributed by atoms with van der Waals surface area (Å²) in [6.45, 7) is 2.25. The maximum absolute atomic E-state index is 10.2. The van der Waals surface area contributed by atoms with E-state index in [9.17, 15) is 4.79 Å². The van der Waals surface area contributed by atoms with E-state index in [0.29, 0.717) is 12.3 Å². The molecule has 0 bridgehead atoms. The van der Waals surface area contributed by atoms with E-state index in [1.165, 1.54) is 19.3 Å². The first-order valence-corrected chi connectivity index (χ1v) is 4.40. The van der Waals surface area contributed by atoms with Crippen molar-refractivity contribution in [3.05, 3.63) is 0 Å². The minimum Gasteiger partial charge on any atom is -0.481 e. The Bertz CT molecular complexity index is 142. The normalized spacial score (nSPS) is 30.6. The molecule has 2 heteroatoms. The summed E-state index contributed by atoms with van der Waals surface area (Å²) in [6, 6.07) is 0. The number of aliphatic carboxylic acids is 1. The van der Waals surface area contributed by atoms with Crippen molar-refractivity contribution in [2.24, 2.45) is 11.8 Å². The van der Waals surface area contributed by atoms with E-state index in [4.69, 9.17) is 5.11 Å². The first-order valence-electron chi connectivity index (χ1n) is 4.40. The number of carbonyl (C=O) groups is 1. The number of rotatable bonds is 3. The van der Waals surface area contributed by atoms with Crippen LogP contribution in [0.3, 0.4) is 0 Å². The van der Waals surface area contributed by atoms with Gasteiger partial charge >= 0.3 is 5.97 Å². The number of hydrogen-bond acceptors (Lipinski definition) is 1. The van der Waals surface area contributed by atoms with Crippen LogP contribution in [-0.4, -0.2) is 11.1 Å². The molecular weight excluding hydrogens is 140 g/mol. The Labute approximate surface area is 67.6 Å². The Morgan fingerprint density at radius 3 is 2.73 bits per heavy atom. The fraction of sp³-hybridized carbons (Fsp3) is 0.889. The molecule has 1 aliphatic carbocycles. The molecule has 0 amide bonds. The number of carboxylic acid groups (broad SMARTS) is 1. The van der Waals surface area contributed by atoms with Gasteiger partial charge in [-0.3, -0.25) is 4.79 Å². The van der Waals surface area contributed by atoms with Gasteiger partial charge in [0.1, 0.15) is 0 Å². The zero-order valence-corrected chi connectivity index (χ0v) is 7.05. The van der Waals surface area contributed by atoms with Crippen molar-refractivity contribution < 1.29 is 9.90 Å². The summed E-state index contributed by atoms with van der Waals surface area (Å²) in [7, 11) is 0. The van der Waals surface area contributed by atoms with Crippen LogP contribution in [0.5, 0.6) is 0 Å². The molecule has 0 radical (unpaired) electrons. The second-order valence-corrected chi connectivity index (χ2v) is 3.72. The molecule has 11 heavy (non-hydrogen) atoms. The minimum absolute atomic E-state index is 0.359. The summed E-state index contributed by atoms with van der Waals surface area (Å²) in [4.78, 5) is 10.2. The molecule has 1 fully saturated rings. The Morgan fingerprint density at radius 2 is 2.27 bits per heavy atom. The van der Waals surface area contributed by atoms with Gasteiger partial charge in [0.2, 0.25) is 0 Å². The van der Waals surface area contributed by atoms with Crippen molar-refractivity contribution in [2.75, 3.05) is 0 Å². The molecule has 0 aliphatic heterocycles. The average molecular weight is 156 g/mol. The van der Waals surface area contributed by atoms with Gasteiger partial charge in [-0.05, 0) is 24.7 Å². The molecule has 1 saturated carbocycles. The first kappa shape index (κ1) is 8.57. The quantitative estimate of drug-likeness (QED) is 0.680. The summed E-state index contributed by atoms with van der Waals surface area (Å²) >= 11 is 0. The van der Waals surface area contributed by atoms with E-state index >= 15 is 0 Å². The minimum atomic E-state index is -0.649. The third kappa shape index (κ3) is 2.91. The standard InChI is InChI=1S/C9H16O2/c1-7-2-3-8(6-7)4-5-9(10)11/h7-8H,2-6H2,1H3,(H,10,11). The van der Waals surface area contributed by atoms with Crippen LogP contribution >= 0.6 is 0 Å². The van der Waals surface area contributed by atoms with Gasteiger partial charge in [0.05, 0.1) is 0 Å². The van der Waals surface area contributed by atoms with Crippen LogP contribution in [0.25, 0.3) is 0 Å². The van der Waals surface area contributed by atoms with Crippen LogP contribution in [-0.2, 0) is 4.79 Å². The molecule has 0 spiro atoms. The molecule has 2 atom stereocenters. The largest absolute Gasteiger partial charge is 0.481 e. The molecule has 2 nitrogen and oxygen atoms in total. The number of carboxylic acids is 1. The van der Waals surface area contributed by atoms with Gasteiger partial charge in [-0.15, -0.1) is 0 Å². The predicted octanol–water partition coefficient (Wildman–Crippen LogP) is 2.29. The summed E-state index contributed by atoms with van der Waals surface area (Å²) in [5.41, 5.74) is 0. The monoisotopic (exact) mass is 156 g/mol. The SMILES string of the molecule is CC1CCC(CCC(=O)O)C1. The summed E-state index contributed by atoms with van der Waals surface area (Å²) in [5.74, 6) is 0.874. The molecule has 0 aromatic rings. The second-order valence-electron chi connectivity index (χ2n) is 3.72. The van der Waals surface area contributed by atoms with Crippen molar-refractivity contribution in [3.8, 4) is 0 Å². The Kier molecular flexibility index (Phi) is 2.92. The molecular formula is C9H16O2. The molecule has 1 rings (SSSR count). The van der Waals surface area contributed by atoms with E-state index in [2.05, 4.69) is 6.92 Å². The van der Waals surface area contributed by atoms with Gasteiger partial charge in [0.25, 0.3) is 0 Å². The van der Waals surface area contributed by atoms with Gasteiger partial charge in [-0.1, -0.05) is 19.8 Å². The smallest absolute Gasteiger partial charge is 0.303 e. The lowest BCUT2D eigenvalue weighted by Gasteiger charge is -2.05. The fourth-order valence-corrected chi connectivity index (χ4v) is 1.91. The van der Waals surface area contributed by atoms with E-state index in [1.807, 2.05) is 0 Å². The van der Waals surface area contributed by atoms with Crippen LogP contribution in [0.15, 0.2) is 0 Å². The van der Waals surface area contributed by atoms with Crippen molar-refractivity contribution in [3.63, 3.8) is 0 Å². The second kappa shape index (κ2) is 3.74. The lowest BCUT2D eigenvalue weighted by molar-refractivity contribution is -0.137. The van der Waals surface area contributed by atoms with Gasteiger partial charge in [-0.2, -0.15) is 0 Å². The van der Waals surface area contributed by atoms with Gasteiger partial charge < -0.3 is 5.11 Å². The van der Waals surface area contributed by atoms with Crippen molar-refractivity contribution in [1.82, 2.24) is 0 Å². The van der Waals surface area contributed by atoms with Crippen LogP contribution < -0.4 is 0 Å². The number of hydrogen-bond donors (Lipinski definition) is 1. The van der Waals surface area contributed by atoms with Crippen molar-refractivity contribution >= 4 is 5.97 Å². The Morgan fingerprint density at radius 1 is 1.55 bits per heavy atom. The lowest BCUT2D eigenvalue weighted by Crippen LogP contribution is -2.00. The van der Waals surface area contributed by atoms with Gasteiger partial charge in [-0.25, -0.2) is 0 Å². The third-order valence-corrected chi connectivity index (χ3v) is 2.57. The highest BCUT2D eigenvalue weighted by atomic mass is 16.4. The molecule has 0 heterocycles. The zero-order chi connectivity index (χ0) is 8.27. The third-order valence-electron chi connectivity index (χ3n) is 2.57. The van der Waals surface area contributed by atoms with E-state index in [1.54, 1.807) is 0 Å². The van der Waals surface area contributed by atoms with E-state index in [-0.39, 0.29) is 0 Å². The maximum Gasteiger partial charge on any atom is 0.303 e. The first-order chi connectivity index (χ1) is 5.18. The van der Waals surface area contributed by atoms with Crippen LogP contribution in [0.4, 0.5) is 0 Å². The van der Waals surface area contributed by atoms with Crippen molar-refractivity contribution in [2.45, 2.75) is 39.0 Å². The highest BCUT2D eigenvalue weighted by molar-refractivity contribution is 5.66. The maximum atomic E-state index is 10.2. The molecule has 0 aromatic heterocycles. The van der Waals surface area contributed by atoms with Gasteiger partial charge in [0.15, 0.2) is 0 Å². The molecule has 0 aromatic carbocycles. The molecule has 64 valence electrons. The highest BCUT2D eigenvalue weighted by Crippen LogP contribution is 2.33. The van der Waals surface area contributed by atoms with Crippen LogP contribution in [0.2, 0.25) is 0 Å². The van der Waals surface area contributed by atoms with Gasteiger partial charge in [0, 0.05) is 6.42 Å². The summed E-state index contributed by atoms with van der Waals surface area (Å²) in [6.07, 6.45) is 5.03. The topological polar surface area (TPSA) is 37.3 Å². The molecule has 2 unspecified atom stereocenters. The average Bonchev–Trinajstić information content (AvgIpc) is 2.31. The molecule has 0 saturated heterocycles. The van der Waals surface area contributed by atoms with Crippen LogP contribution in [0, 0.1) is 11.8 Å². The van der Waals surface area contributed by atoms with Crippen LogP contribution in [0.1, 0.15) is 39.0 Å². The zero-order valence-electron chi connectivity index (χ0n) is 7.05. The summed E-state index contributed by atoms with van der Waals surface area (Å²) < 4.78 is 0. The Balaban J connectivity index is 2.13. The highest BCUT2D eigenvalue weighted by Gasteiger charge is 2.21. The Hall–Kier alpha value is -0.530. The van der Waals surface area contributed by atoms with Crippen molar-refractivity contribution in [1.29, 1.82) is 0 Å². The lowest BCUT2D eigenvalue weighted by atomic mass is 10.0. The molecule has 1 aliphatic rings. The molecule has 1 N–H and O–H groups in total. The van der Waals surface area contributed by atoms with E-state index in [0.717, 1.165) is 12.3 Å². The summed E-state index contributed by atoms with van der Waals surface area (Å²) in [5, 5.41) is 8.44.